The van der Waals surface area contributed by atoms with Crippen LogP contribution in [0.1, 0.15) is 17.5 Å². The molecule has 2 aromatic rings. The number of nitrogens with zero attached hydrogens (tertiary/aromatic N) is 3. The molecule has 0 aliphatic carbocycles. The van der Waals surface area contributed by atoms with Gasteiger partial charge in [-0.05, 0) is 30.2 Å². The van der Waals surface area contributed by atoms with Crippen LogP contribution in [0.15, 0.2) is 29.8 Å². The SMILES string of the molecule is CCc1nnc(NC(=O)C(C#N)=Cc2cccc(O)c2)s1. The highest BCUT2D eigenvalue weighted by atomic mass is 32.1. The average molecular weight is 300 g/mol. The summed E-state index contributed by atoms with van der Waals surface area (Å²) in [6.07, 6.45) is 2.13. The number of phenolic OH excluding ortho intramolecular Hbond substituents is 1. The van der Waals surface area contributed by atoms with Gasteiger partial charge in [0.25, 0.3) is 5.91 Å². The number of phenols is 1. The fourth-order valence-corrected chi connectivity index (χ4v) is 2.22. The van der Waals surface area contributed by atoms with E-state index >= 15 is 0 Å². The second-order valence-corrected chi connectivity index (χ2v) is 5.14. The number of hydrogen-bond acceptors (Lipinski definition) is 6. The van der Waals surface area contributed by atoms with E-state index in [1.54, 1.807) is 12.1 Å². The van der Waals surface area contributed by atoms with E-state index in [4.69, 9.17) is 5.26 Å². The molecule has 1 aromatic heterocycles. The Morgan fingerprint density at radius 3 is 2.95 bits per heavy atom. The summed E-state index contributed by atoms with van der Waals surface area (Å²) in [5, 5.41) is 29.9. The Labute approximate surface area is 125 Å². The zero-order chi connectivity index (χ0) is 15.2. The molecule has 0 saturated carbocycles. The van der Waals surface area contributed by atoms with Crippen LogP contribution in [0.3, 0.4) is 0 Å². The van der Waals surface area contributed by atoms with Crippen molar-refractivity contribution in [2.75, 3.05) is 5.32 Å². The maximum absolute atomic E-state index is 12.0. The van der Waals surface area contributed by atoms with E-state index in [9.17, 15) is 9.90 Å². The first-order chi connectivity index (χ1) is 10.1. The Kier molecular flexibility index (Phi) is 4.64. The molecule has 2 rings (SSSR count). The monoisotopic (exact) mass is 300 g/mol. The summed E-state index contributed by atoms with van der Waals surface area (Å²) in [5.41, 5.74) is 0.488. The molecule has 0 unspecified atom stereocenters. The summed E-state index contributed by atoms with van der Waals surface area (Å²) in [6, 6.07) is 8.12. The largest absolute Gasteiger partial charge is 0.508 e. The molecule has 0 spiro atoms. The fraction of sp³-hybridized carbons (Fsp3) is 0.143. The molecule has 7 heteroatoms. The number of nitrogens with one attached hydrogen (secondary N) is 1. The number of aromatic nitrogens is 2. The highest BCUT2D eigenvalue weighted by Crippen LogP contribution is 2.18. The van der Waals surface area contributed by atoms with E-state index in [1.165, 1.54) is 29.5 Å². The normalized spacial score (nSPS) is 11.0. The average Bonchev–Trinajstić information content (AvgIpc) is 2.92. The van der Waals surface area contributed by atoms with Gasteiger partial charge in [0.2, 0.25) is 5.13 Å². The van der Waals surface area contributed by atoms with E-state index < -0.39 is 5.91 Å². The second kappa shape index (κ2) is 6.63. The van der Waals surface area contributed by atoms with Gasteiger partial charge in [-0.1, -0.05) is 30.4 Å². The zero-order valence-corrected chi connectivity index (χ0v) is 12.0. The van der Waals surface area contributed by atoms with Gasteiger partial charge in [0, 0.05) is 0 Å². The van der Waals surface area contributed by atoms with Crippen LogP contribution in [0.4, 0.5) is 5.13 Å². The van der Waals surface area contributed by atoms with Crippen LogP contribution < -0.4 is 5.32 Å². The summed E-state index contributed by atoms with van der Waals surface area (Å²) in [6.45, 7) is 1.94. The molecule has 1 heterocycles. The molecule has 0 fully saturated rings. The van der Waals surface area contributed by atoms with Gasteiger partial charge in [-0.2, -0.15) is 5.26 Å². The molecule has 1 aromatic carbocycles. The van der Waals surface area contributed by atoms with Gasteiger partial charge in [-0.3, -0.25) is 10.1 Å². The lowest BCUT2D eigenvalue weighted by atomic mass is 10.1. The van der Waals surface area contributed by atoms with E-state index in [-0.39, 0.29) is 11.3 Å². The third kappa shape index (κ3) is 3.87. The maximum Gasteiger partial charge on any atom is 0.268 e. The van der Waals surface area contributed by atoms with Crippen molar-refractivity contribution in [3.8, 4) is 11.8 Å². The van der Waals surface area contributed by atoms with Crippen molar-refractivity contribution >= 4 is 28.5 Å². The van der Waals surface area contributed by atoms with Crippen molar-refractivity contribution in [3.05, 3.63) is 40.4 Å². The number of amides is 1. The highest BCUT2D eigenvalue weighted by Gasteiger charge is 2.12. The predicted octanol–water partition coefficient (Wildman–Crippen LogP) is 2.35. The minimum Gasteiger partial charge on any atom is -0.508 e. The van der Waals surface area contributed by atoms with E-state index in [0.29, 0.717) is 10.7 Å². The van der Waals surface area contributed by atoms with Crippen LogP contribution in [0.2, 0.25) is 0 Å². The number of anilines is 1. The predicted molar refractivity (Wildman–Crippen MR) is 79.6 cm³/mol. The van der Waals surface area contributed by atoms with Crippen molar-refractivity contribution in [2.45, 2.75) is 13.3 Å². The van der Waals surface area contributed by atoms with Gasteiger partial charge < -0.3 is 5.11 Å². The number of aromatic hydroxyl groups is 1. The first-order valence-electron chi connectivity index (χ1n) is 6.17. The van der Waals surface area contributed by atoms with E-state index in [0.717, 1.165) is 11.4 Å². The van der Waals surface area contributed by atoms with E-state index in [2.05, 4.69) is 15.5 Å². The summed E-state index contributed by atoms with van der Waals surface area (Å²) in [5.74, 6) is -0.488. The van der Waals surface area contributed by atoms with Crippen LogP contribution >= 0.6 is 11.3 Å². The number of benzene rings is 1. The number of aryl methyl sites for hydroxylation is 1. The number of rotatable bonds is 4. The highest BCUT2D eigenvalue weighted by molar-refractivity contribution is 7.15. The molecular formula is C14H12N4O2S. The fourth-order valence-electron chi connectivity index (χ4n) is 1.54. The second-order valence-electron chi connectivity index (χ2n) is 4.07. The van der Waals surface area contributed by atoms with Gasteiger partial charge >= 0.3 is 0 Å². The van der Waals surface area contributed by atoms with Crippen LogP contribution in [-0.4, -0.2) is 21.2 Å². The van der Waals surface area contributed by atoms with Crippen molar-refractivity contribution in [1.82, 2.24) is 10.2 Å². The van der Waals surface area contributed by atoms with Gasteiger partial charge in [-0.15, -0.1) is 10.2 Å². The Bertz CT molecular complexity index is 731. The summed E-state index contributed by atoms with van der Waals surface area (Å²) < 4.78 is 0. The number of carbonyl (C=O) groups is 1. The number of hydrogen-bond donors (Lipinski definition) is 2. The molecule has 21 heavy (non-hydrogen) atoms. The van der Waals surface area contributed by atoms with E-state index in [1.807, 2.05) is 13.0 Å². The summed E-state index contributed by atoms with van der Waals surface area (Å²) >= 11 is 1.27. The van der Waals surface area contributed by atoms with Gasteiger partial charge in [-0.25, -0.2) is 0 Å². The van der Waals surface area contributed by atoms with Gasteiger partial charge in [0.05, 0.1) is 0 Å². The van der Waals surface area contributed by atoms with Crippen molar-refractivity contribution in [1.29, 1.82) is 5.26 Å². The third-order valence-corrected chi connectivity index (χ3v) is 3.52. The maximum atomic E-state index is 12.0. The van der Waals surface area contributed by atoms with Gasteiger partial charge in [0.15, 0.2) is 0 Å². The van der Waals surface area contributed by atoms with Crippen LogP contribution in [0.5, 0.6) is 5.75 Å². The molecule has 0 aliphatic rings. The van der Waals surface area contributed by atoms with Crippen molar-refractivity contribution in [3.63, 3.8) is 0 Å². The molecule has 0 aliphatic heterocycles. The lowest BCUT2D eigenvalue weighted by molar-refractivity contribution is -0.112. The minimum atomic E-state index is -0.556. The standard InChI is InChI=1S/C14H12N4O2S/c1-2-12-17-18-14(21-12)16-13(20)10(8-15)6-9-4-3-5-11(19)7-9/h3-7,19H,2H2,1H3,(H,16,18,20). The number of carbonyl (C=O) groups excluding carboxylic acids is 1. The van der Waals surface area contributed by atoms with Crippen LogP contribution in [-0.2, 0) is 11.2 Å². The molecular weight excluding hydrogens is 288 g/mol. The Morgan fingerprint density at radius 1 is 1.52 bits per heavy atom. The third-order valence-electron chi connectivity index (χ3n) is 2.54. The van der Waals surface area contributed by atoms with Crippen molar-refractivity contribution in [2.24, 2.45) is 0 Å². The molecule has 0 radical (unpaired) electrons. The summed E-state index contributed by atoms with van der Waals surface area (Å²) in [7, 11) is 0. The smallest absolute Gasteiger partial charge is 0.268 e. The number of nitriles is 1. The minimum absolute atomic E-state index is 0.0677. The van der Waals surface area contributed by atoms with Crippen LogP contribution in [0, 0.1) is 11.3 Å². The Balaban J connectivity index is 2.17. The van der Waals surface area contributed by atoms with Crippen molar-refractivity contribution < 1.29 is 9.90 Å². The molecule has 1 amide bonds. The molecule has 0 saturated heterocycles. The molecule has 106 valence electrons. The lowest BCUT2D eigenvalue weighted by Gasteiger charge is -2.00. The Morgan fingerprint density at radius 2 is 2.33 bits per heavy atom. The molecule has 2 N–H and O–H groups in total. The lowest BCUT2D eigenvalue weighted by Crippen LogP contribution is -2.13. The first kappa shape index (κ1) is 14.7. The summed E-state index contributed by atoms with van der Waals surface area (Å²) in [4.78, 5) is 12.0. The zero-order valence-electron chi connectivity index (χ0n) is 11.2. The topological polar surface area (TPSA) is 98.9 Å². The molecule has 6 nitrogen and oxygen atoms in total. The quantitative estimate of drug-likeness (QED) is 0.667. The van der Waals surface area contributed by atoms with Gasteiger partial charge in [0.1, 0.15) is 22.4 Å². The first-order valence-corrected chi connectivity index (χ1v) is 6.98. The Hall–Kier alpha value is -2.72. The molecule has 0 bridgehead atoms. The van der Waals surface area contributed by atoms with Crippen LogP contribution in [0.25, 0.3) is 6.08 Å². The molecule has 0 atom stereocenters.